The molecule has 1 atom stereocenters. The number of furan rings is 1. The Bertz CT molecular complexity index is 507. The molecule has 0 radical (unpaired) electrons. The summed E-state index contributed by atoms with van der Waals surface area (Å²) < 4.78 is 6.26. The third kappa shape index (κ3) is 1.43. The molecule has 1 heterocycles. The van der Waals surface area contributed by atoms with E-state index in [4.69, 9.17) is 10.8 Å². The quantitative estimate of drug-likeness (QED) is 0.790. The number of rotatable bonds is 1. The van der Waals surface area contributed by atoms with Gasteiger partial charge in [0.05, 0.1) is 4.47 Å². The molecule has 0 saturated heterocycles. The van der Waals surface area contributed by atoms with E-state index in [9.17, 15) is 5.11 Å². The Morgan fingerprint density at radius 3 is 2.93 bits per heavy atom. The Balaban J connectivity index is 2.64. The predicted molar refractivity (Wildman–Crippen MR) is 57.7 cm³/mol. The molecular weight excluding hydrogens is 244 g/mol. The van der Waals surface area contributed by atoms with Crippen LogP contribution in [0, 0.1) is 12.3 Å². The van der Waals surface area contributed by atoms with Crippen molar-refractivity contribution in [3.63, 3.8) is 0 Å². The van der Waals surface area contributed by atoms with Crippen molar-refractivity contribution < 1.29 is 9.52 Å². The zero-order chi connectivity index (χ0) is 10.1. The van der Waals surface area contributed by atoms with Crippen LogP contribution in [0.15, 0.2) is 33.2 Å². The Hall–Kier alpha value is -1.24. The Morgan fingerprint density at radius 1 is 1.50 bits per heavy atom. The van der Waals surface area contributed by atoms with Gasteiger partial charge < -0.3 is 9.52 Å². The summed E-state index contributed by atoms with van der Waals surface area (Å²) in [4.78, 5) is 0. The molecule has 1 aromatic carbocycles. The minimum atomic E-state index is -0.978. The van der Waals surface area contributed by atoms with Gasteiger partial charge in [0.25, 0.3) is 0 Å². The van der Waals surface area contributed by atoms with Gasteiger partial charge in [-0.3, -0.25) is 0 Å². The van der Waals surface area contributed by atoms with Gasteiger partial charge in [0.15, 0.2) is 6.10 Å². The molecule has 0 spiro atoms. The van der Waals surface area contributed by atoms with E-state index in [0.29, 0.717) is 11.3 Å². The summed E-state index contributed by atoms with van der Waals surface area (Å²) in [6, 6.07) is 7.41. The van der Waals surface area contributed by atoms with Gasteiger partial charge in [0, 0.05) is 5.39 Å². The highest BCUT2D eigenvalue weighted by atomic mass is 79.9. The van der Waals surface area contributed by atoms with Crippen molar-refractivity contribution in [2.45, 2.75) is 6.10 Å². The second-order valence-corrected chi connectivity index (χ2v) is 3.73. The predicted octanol–water partition coefficient (Wildman–Crippen LogP) is 2.86. The van der Waals surface area contributed by atoms with Crippen LogP contribution in [0.3, 0.4) is 0 Å². The van der Waals surface area contributed by atoms with Gasteiger partial charge in [0.1, 0.15) is 11.3 Å². The maximum Gasteiger partial charge on any atom is 0.172 e. The van der Waals surface area contributed by atoms with Crippen molar-refractivity contribution in [1.29, 1.82) is 0 Å². The van der Waals surface area contributed by atoms with E-state index >= 15 is 0 Å². The van der Waals surface area contributed by atoms with E-state index in [1.807, 2.05) is 18.2 Å². The van der Waals surface area contributed by atoms with Crippen LogP contribution in [0.2, 0.25) is 0 Å². The van der Waals surface area contributed by atoms with Gasteiger partial charge in [-0.1, -0.05) is 18.1 Å². The second-order valence-electron chi connectivity index (χ2n) is 2.88. The molecular formula is C11H7BrO2. The van der Waals surface area contributed by atoms with Crippen LogP contribution in [-0.2, 0) is 0 Å². The molecule has 0 aliphatic rings. The lowest BCUT2D eigenvalue weighted by atomic mass is 10.2. The highest BCUT2D eigenvalue weighted by molar-refractivity contribution is 9.10. The lowest BCUT2D eigenvalue weighted by Crippen LogP contribution is -1.88. The standard InChI is InChI=1S/C11H7BrO2/c1-2-9(13)10-6-7-4-3-5-8(12)11(7)14-10/h1,3-6,9,13H. The van der Waals surface area contributed by atoms with E-state index in [2.05, 4.69) is 21.9 Å². The fourth-order valence-electron chi connectivity index (χ4n) is 1.26. The van der Waals surface area contributed by atoms with Crippen molar-refractivity contribution in [3.05, 3.63) is 34.5 Å². The largest absolute Gasteiger partial charge is 0.456 e. The summed E-state index contributed by atoms with van der Waals surface area (Å²) in [5.74, 6) is 2.61. The molecule has 0 fully saturated rings. The van der Waals surface area contributed by atoms with E-state index in [-0.39, 0.29) is 0 Å². The number of aliphatic hydroxyl groups is 1. The lowest BCUT2D eigenvalue weighted by Gasteiger charge is -1.95. The lowest BCUT2D eigenvalue weighted by molar-refractivity contribution is 0.209. The first-order chi connectivity index (χ1) is 6.72. The average Bonchev–Trinajstić information content (AvgIpc) is 2.62. The molecule has 1 aromatic heterocycles. The van der Waals surface area contributed by atoms with Crippen molar-refractivity contribution >= 4 is 26.9 Å². The first kappa shape index (κ1) is 9.32. The molecule has 0 aliphatic carbocycles. The zero-order valence-corrected chi connectivity index (χ0v) is 8.78. The maximum atomic E-state index is 9.38. The molecule has 0 amide bonds. The maximum absolute atomic E-state index is 9.38. The highest BCUT2D eigenvalue weighted by Gasteiger charge is 2.11. The van der Waals surface area contributed by atoms with Crippen LogP contribution in [0.4, 0.5) is 0 Å². The SMILES string of the molecule is C#CC(O)c1cc2cccc(Br)c2o1. The van der Waals surface area contributed by atoms with E-state index in [0.717, 1.165) is 9.86 Å². The summed E-state index contributed by atoms with van der Waals surface area (Å²) in [5, 5.41) is 10.3. The number of hydrogen-bond donors (Lipinski definition) is 1. The van der Waals surface area contributed by atoms with Gasteiger partial charge in [0.2, 0.25) is 0 Å². The molecule has 1 unspecified atom stereocenters. The molecule has 70 valence electrons. The van der Waals surface area contributed by atoms with E-state index in [1.165, 1.54) is 0 Å². The Morgan fingerprint density at radius 2 is 2.29 bits per heavy atom. The fraction of sp³-hybridized carbons (Fsp3) is 0.0909. The monoisotopic (exact) mass is 250 g/mol. The zero-order valence-electron chi connectivity index (χ0n) is 7.20. The van der Waals surface area contributed by atoms with Crippen LogP contribution >= 0.6 is 15.9 Å². The molecule has 0 bridgehead atoms. The summed E-state index contributed by atoms with van der Waals surface area (Å²) in [6.45, 7) is 0. The van der Waals surface area contributed by atoms with Gasteiger partial charge in [-0.2, -0.15) is 0 Å². The second kappa shape index (κ2) is 3.49. The molecule has 2 nitrogen and oxygen atoms in total. The molecule has 0 aliphatic heterocycles. The van der Waals surface area contributed by atoms with Crippen LogP contribution in [0.25, 0.3) is 11.0 Å². The first-order valence-corrected chi connectivity index (χ1v) is 4.84. The number of benzene rings is 1. The van der Waals surface area contributed by atoms with Crippen molar-refractivity contribution in [3.8, 4) is 12.3 Å². The number of terminal acetylenes is 1. The summed E-state index contributed by atoms with van der Waals surface area (Å²) in [6.07, 6.45) is 4.11. The summed E-state index contributed by atoms with van der Waals surface area (Å²) >= 11 is 3.35. The van der Waals surface area contributed by atoms with Crippen molar-refractivity contribution in [2.24, 2.45) is 0 Å². The molecule has 14 heavy (non-hydrogen) atoms. The van der Waals surface area contributed by atoms with Gasteiger partial charge in [-0.15, -0.1) is 6.42 Å². The Kier molecular flexibility index (Phi) is 2.32. The molecule has 2 rings (SSSR count). The van der Waals surface area contributed by atoms with Gasteiger partial charge >= 0.3 is 0 Å². The minimum Gasteiger partial charge on any atom is -0.456 e. The van der Waals surface area contributed by atoms with Gasteiger partial charge in [-0.05, 0) is 28.1 Å². The third-order valence-corrected chi connectivity index (χ3v) is 2.57. The Labute approximate surface area is 89.7 Å². The number of aliphatic hydroxyl groups excluding tert-OH is 1. The summed E-state index contributed by atoms with van der Waals surface area (Å²) in [5.41, 5.74) is 0.705. The molecule has 3 heteroatoms. The van der Waals surface area contributed by atoms with Crippen molar-refractivity contribution in [1.82, 2.24) is 0 Å². The van der Waals surface area contributed by atoms with Crippen LogP contribution in [-0.4, -0.2) is 5.11 Å². The highest BCUT2D eigenvalue weighted by Crippen LogP contribution is 2.29. The average molecular weight is 251 g/mol. The smallest absolute Gasteiger partial charge is 0.172 e. The number of halogens is 1. The minimum absolute atomic E-state index is 0.398. The first-order valence-electron chi connectivity index (χ1n) is 4.04. The number of hydrogen-bond acceptors (Lipinski definition) is 2. The van der Waals surface area contributed by atoms with Crippen molar-refractivity contribution in [2.75, 3.05) is 0 Å². The third-order valence-electron chi connectivity index (χ3n) is 1.94. The fourth-order valence-corrected chi connectivity index (χ4v) is 1.73. The number of para-hydroxylation sites is 1. The van der Waals surface area contributed by atoms with E-state index in [1.54, 1.807) is 6.07 Å². The molecule has 2 aromatic rings. The summed E-state index contributed by atoms with van der Waals surface area (Å²) in [7, 11) is 0. The molecule has 0 saturated carbocycles. The van der Waals surface area contributed by atoms with Gasteiger partial charge in [-0.25, -0.2) is 0 Å². The topological polar surface area (TPSA) is 33.4 Å². The normalized spacial score (nSPS) is 12.6. The number of fused-ring (bicyclic) bond motifs is 1. The van der Waals surface area contributed by atoms with Crippen LogP contribution in [0.1, 0.15) is 11.9 Å². The van der Waals surface area contributed by atoms with Crippen LogP contribution < -0.4 is 0 Å². The van der Waals surface area contributed by atoms with Crippen LogP contribution in [0.5, 0.6) is 0 Å². The van der Waals surface area contributed by atoms with E-state index < -0.39 is 6.10 Å². The molecule has 1 N–H and O–H groups in total.